The second-order valence-corrected chi connectivity index (χ2v) is 5.34. The first-order chi connectivity index (χ1) is 7.20. The molecule has 0 spiro atoms. The van der Waals surface area contributed by atoms with E-state index in [4.69, 9.17) is 9.84 Å². The van der Waals surface area contributed by atoms with Crippen molar-refractivity contribution in [1.29, 1.82) is 0 Å². The molecule has 5 heteroatoms. The highest BCUT2D eigenvalue weighted by molar-refractivity contribution is 5.80. The number of aliphatic carboxylic acids is 1. The van der Waals surface area contributed by atoms with Crippen molar-refractivity contribution in [2.24, 2.45) is 11.8 Å². The van der Waals surface area contributed by atoms with Crippen LogP contribution in [-0.4, -0.2) is 28.8 Å². The van der Waals surface area contributed by atoms with Crippen LogP contribution in [-0.2, 0) is 9.53 Å². The summed E-state index contributed by atoms with van der Waals surface area (Å²) in [5, 5.41) is 11.4. The Morgan fingerprint density at radius 1 is 1.44 bits per heavy atom. The number of ether oxygens (including phenoxy) is 1. The number of carboxylic acids is 1. The van der Waals surface area contributed by atoms with Crippen LogP contribution in [0.2, 0.25) is 0 Å². The molecule has 1 aliphatic carbocycles. The SMILES string of the molecule is CC1CC1C(NC(=O)OC(C)(C)C)C(=O)O. The van der Waals surface area contributed by atoms with Crippen LogP contribution in [0.1, 0.15) is 34.1 Å². The number of hydrogen-bond acceptors (Lipinski definition) is 3. The summed E-state index contributed by atoms with van der Waals surface area (Å²) < 4.78 is 5.02. The Kier molecular flexibility index (Phi) is 3.45. The van der Waals surface area contributed by atoms with E-state index in [2.05, 4.69) is 5.32 Å². The van der Waals surface area contributed by atoms with Gasteiger partial charge in [0.1, 0.15) is 11.6 Å². The van der Waals surface area contributed by atoms with Gasteiger partial charge in [-0.1, -0.05) is 6.92 Å². The predicted octanol–water partition coefficient (Wildman–Crippen LogP) is 1.62. The third-order valence-corrected chi connectivity index (χ3v) is 2.54. The second-order valence-electron chi connectivity index (χ2n) is 5.34. The van der Waals surface area contributed by atoms with Gasteiger partial charge in [-0.2, -0.15) is 0 Å². The van der Waals surface area contributed by atoms with E-state index in [0.29, 0.717) is 5.92 Å². The molecule has 0 radical (unpaired) electrons. The lowest BCUT2D eigenvalue weighted by Crippen LogP contribution is -2.45. The van der Waals surface area contributed by atoms with E-state index in [1.165, 1.54) is 0 Å². The van der Waals surface area contributed by atoms with Crippen molar-refractivity contribution in [1.82, 2.24) is 5.32 Å². The Morgan fingerprint density at radius 2 is 1.94 bits per heavy atom. The average molecular weight is 229 g/mol. The first-order valence-electron chi connectivity index (χ1n) is 5.43. The maximum atomic E-state index is 11.4. The Morgan fingerprint density at radius 3 is 2.25 bits per heavy atom. The lowest BCUT2D eigenvalue weighted by Gasteiger charge is -2.22. The van der Waals surface area contributed by atoms with Gasteiger partial charge in [-0.25, -0.2) is 9.59 Å². The molecule has 0 heterocycles. The van der Waals surface area contributed by atoms with Crippen molar-refractivity contribution < 1.29 is 19.4 Å². The fraction of sp³-hybridized carbons (Fsp3) is 0.818. The van der Waals surface area contributed by atoms with Crippen molar-refractivity contribution in [2.75, 3.05) is 0 Å². The van der Waals surface area contributed by atoms with Crippen LogP contribution in [0.5, 0.6) is 0 Å². The summed E-state index contributed by atoms with van der Waals surface area (Å²) >= 11 is 0. The quantitative estimate of drug-likeness (QED) is 0.771. The second kappa shape index (κ2) is 4.31. The molecule has 1 rings (SSSR count). The largest absolute Gasteiger partial charge is 0.480 e. The van der Waals surface area contributed by atoms with E-state index in [1.54, 1.807) is 20.8 Å². The zero-order chi connectivity index (χ0) is 12.5. The van der Waals surface area contributed by atoms with E-state index in [1.807, 2.05) is 6.92 Å². The maximum absolute atomic E-state index is 11.4. The minimum absolute atomic E-state index is 0.0324. The summed E-state index contributed by atoms with van der Waals surface area (Å²) in [6.07, 6.45) is 0.172. The minimum Gasteiger partial charge on any atom is -0.480 e. The highest BCUT2D eigenvalue weighted by Gasteiger charge is 2.44. The van der Waals surface area contributed by atoms with Gasteiger partial charge in [0.05, 0.1) is 0 Å². The Hall–Kier alpha value is -1.26. The zero-order valence-corrected chi connectivity index (χ0v) is 10.1. The van der Waals surface area contributed by atoms with Gasteiger partial charge in [0.15, 0.2) is 0 Å². The number of nitrogens with one attached hydrogen (secondary N) is 1. The lowest BCUT2D eigenvalue weighted by molar-refractivity contribution is -0.140. The number of hydrogen-bond donors (Lipinski definition) is 2. The van der Waals surface area contributed by atoms with Crippen LogP contribution in [0.3, 0.4) is 0 Å². The van der Waals surface area contributed by atoms with Gasteiger partial charge < -0.3 is 15.2 Å². The number of carbonyl (C=O) groups is 2. The smallest absolute Gasteiger partial charge is 0.408 e. The van der Waals surface area contributed by atoms with Gasteiger partial charge in [0.25, 0.3) is 0 Å². The molecule has 3 unspecified atom stereocenters. The maximum Gasteiger partial charge on any atom is 0.408 e. The van der Waals surface area contributed by atoms with E-state index in [9.17, 15) is 9.59 Å². The number of carboxylic acid groups (broad SMARTS) is 1. The Bertz CT molecular complexity index is 295. The molecule has 1 saturated carbocycles. The number of carbonyl (C=O) groups excluding carboxylic acids is 1. The standard InChI is InChI=1S/C11H19NO4/c1-6-5-7(6)8(9(13)14)12-10(15)16-11(2,3)4/h6-8H,5H2,1-4H3,(H,12,15)(H,13,14). The molecule has 0 aromatic rings. The summed E-state index contributed by atoms with van der Waals surface area (Å²) in [4.78, 5) is 22.4. The summed E-state index contributed by atoms with van der Waals surface area (Å²) in [7, 11) is 0. The van der Waals surface area contributed by atoms with Gasteiger partial charge in [-0.3, -0.25) is 0 Å². The van der Waals surface area contributed by atoms with E-state index in [-0.39, 0.29) is 5.92 Å². The van der Waals surface area contributed by atoms with Gasteiger partial charge in [-0.05, 0) is 39.0 Å². The van der Waals surface area contributed by atoms with Crippen molar-refractivity contribution in [3.63, 3.8) is 0 Å². The third kappa shape index (κ3) is 3.72. The summed E-state index contributed by atoms with van der Waals surface area (Å²) in [6.45, 7) is 7.18. The number of amides is 1. The van der Waals surface area contributed by atoms with Gasteiger partial charge >= 0.3 is 12.1 Å². The lowest BCUT2D eigenvalue weighted by atomic mass is 10.1. The van der Waals surface area contributed by atoms with E-state index < -0.39 is 23.7 Å². The molecule has 0 bridgehead atoms. The van der Waals surface area contributed by atoms with Gasteiger partial charge in [-0.15, -0.1) is 0 Å². The summed E-state index contributed by atoms with van der Waals surface area (Å²) in [5.74, 6) is -0.610. The van der Waals surface area contributed by atoms with E-state index >= 15 is 0 Å². The number of alkyl carbamates (subject to hydrolysis) is 1. The molecular formula is C11H19NO4. The first-order valence-corrected chi connectivity index (χ1v) is 5.43. The van der Waals surface area contributed by atoms with Gasteiger partial charge in [0.2, 0.25) is 0 Å². The summed E-state index contributed by atoms with van der Waals surface area (Å²) in [6, 6.07) is -0.829. The molecule has 2 N–H and O–H groups in total. The molecule has 1 fully saturated rings. The molecule has 0 aromatic carbocycles. The van der Waals surface area contributed by atoms with Crippen molar-refractivity contribution >= 4 is 12.1 Å². The van der Waals surface area contributed by atoms with Crippen LogP contribution >= 0.6 is 0 Å². The number of rotatable bonds is 3. The fourth-order valence-corrected chi connectivity index (χ4v) is 1.60. The fourth-order valence-electron chi connectivity index (χ4n) is 1.60. The average Bonchev–Trinajstić information content (AvgIpc) is 2.74. The van der Waals surface area contributed by atoms with Crippen LogP contribution in [0.25, 0.3) is 0 Å². The first kappa shape index (κ1) is 12.8. The highest BCUT2D eigenvalue weighted by Crippen LogP contribution is 2.40. The summed E-state index contributed by atoms with van der Waals surface area (Å²) in [5.41, 5.74) is -0.609. The molecule has 5 nitrogen and oxygen atoms in total. The van der Waals surface area contributed by atoms with Crippen molar-refractivity contribution in [2.45, 2.75) is 45.8 Å². The van der Waals surface area contributed by atoms with Crippen LogP contribution in [0.4, 0.5) is 4.79 Å². The van der Waals surface area contributed by atoms with Crippen LogP contribution < -0.4 is 5.32 Å². The molecule has 0 aliphatic heterocycles. The normalized spacial score (nSPS) is 25.8. The zero-order valence-electron chi connectivity index (χ0n) is 10.1. The van der Waals surface area contributed by atoms with Crippen molar-refractivity contribution in [3.8, 4) is 0 Å². The van der Waals surface area contributed by atoms with Crippen LogP contribution in [0.15, 0.2) is 0 Å². The molecule has 1 aliphatic rings. The van der Waals surface area contributed by atoms with Crippen LogP contribution in [0, 0.1) is 11.8 Å². The Labute approximate surface area is 95.2 Å². The Balaban J connectivity index is 2.50. The van der Waals surface area contributed by atoms with Crippen molar-refractivity contribution in [3.05, 3.63) is 0 Å². The monoisotopic (exact) mass is 229 g/mol. The topological polar surface area (TPSA) is 75.6 Å². The van der Waals surface area contributed by atoms with Gasteiger partial charge in [0, 0.05) is 0 Å². The van der Waals surface area contributed by atoms with E-state index in [0.717, 1.165) is 6.42 Å². The molecule has 1 amide bonds. The molecule has 0 saturated heterocycles. The minimum atomic E-state index is -1.000. The molecule has 3 atom stereocenters. The molecular weight excluding hydrogens is 210 g/mol. The highest BCUT2D eigenvalue weighted by atomic mass is 16.6. The molecule has 92 valence electrons. The molecule has 0 aromatic heterocycles. The predicted molar refractivity (Wildman–Crippen MR) is 58.1 cm³/mol. The molecule has 16 heavy (non-hydrogen) atoms. The third-order valence-electron chi connectivity index (χ3n) is 2.54.